The van der Waals surface area contributed by atoms with E-state index in [0.29, 0.717) is 0 Å². The van der Waals surface area contributed by atoms with Gasteiger partial charge in [-0.3, -0.25) is 4.90 Å². The second kappa shape index (κ2) is 7.02. The summed E-state index contributed by atoms with van der Waals surface area (Å²) in [6.45, 7) is 5.94. The van der Waals surface area contributed by atoms with Crippen molar-refractivity contribution in [3.63, 3.8) is 0 Å². The molecule has 0 spiro atoms. The molecule has 2 heterocycles. The molecule has 0 bridgehead atoms. The van der Waals surface area contributed by atoms with Crippen molar-refractivity contribution in [3.8, 4) is 5.69 Å². The molecule has 2 aromatic heterocycles. The van der Waals surface area contributed by atoms with Gasteiger partial charge in [0.2, 0.25) is 0 Å². The molecule has 0 N–H and O–H groups in total. The van der Waals surface area contributed by atoms with Crippen molar-refractivity contribution in [2.24, 2.45) is 0 Å². The zero-order valence-electron chi connectivity index (χ0n) is 15.3. The monoisotopic (exact) mass is 362 g/mol. The number of para-hydroxylation sites is 2. The molecule has 0 unspecified atom stereocenters. The quantitative estimate of drug-likeness (QED) is 0.515. The fraction of sp³-hybridized carbons (Fsp3) is 0.238. The highest BCUT2D eigenvalue weighted by Crippen LogP contribution is 2.24. The van der Waals surface area contributed by atoms with Gasteiger partial charge in [0, 0.05) is 17.8 Å². The summed E-state index contributed by atoms with van der Waals surface area (Å²) in [4.78, 5) is 7.06. The standard InChI is InChI=1S/C21H22N4S/c1-15-18(16(2)25(23-15)17-9-5-4-6-10-17)13-24(3)14-21-22-19-11-7-8-12-20(19)26-21/h4-12H,13-14H2,1-3H3. The zero-order valence-corrected chi connectivity index (χ0v) is 16.1. The lowest BCUT2D eigenvalue weighted by Crippen LogP contribution is -2.18. The molecule has 4 nitrogen and oxygen atoms in total. The minimum absolute atomic E-state index is 0.842. The molecule has 0 atom stereocenters. The summed E-state index contributed by atoms with van der Waals surface area (Å²) in [5.41, 5.74) is 5.77. The molecule has 2 aromatic carbocycles. The van der Waals surface area contributed by atoms with Crippen LogP contribution in [0.5, 0.6) is 0 Å². The third-order valence-electron chi connectivity index (χ3n) is 4.61. The molecule has 0 fully saturated rings. The lowest BCUT2D eigenvalue weighted by atomic mass is 10.2. The molecule has 4 rings (SSSR count). The van der Waals surface area contributed by atoms with E-state index < -0.39 is 0 Å². The molecule has 0 saturated carbocycles. The van der Waals surface area contributed by atoms with E-state index in [0.717, 1.165) is 35.0 Å². The lowest BCUT2D eigenvalue weighted by Gasteiger charge is -2.15. The van der Waals surface area contributed by atoms with Crippen LogP contribution < -0.4 is 0 Å². The van der Waals surface area contributed by atoms with Crippen LogP contribution in [0.4, 0.5) is 0 Å². The smallest absolute Gasteiger partial charge is 0.108 e. The second-order valence-corrected chi connectivity index (χ2v) is 7.76. The Hall–Kier alpha value is -2.50. The van der Waals surface area contributed by atoms with Crippen molar-refractivity contribution in [1.82, 2.24) is 19.7 Å². The first kappa shape index (κ1) is 16.9. The van der Waals surface area contributed by atoms with E-state index in [9.17, 15) is 0 Å². The van der Waals surface area contributed by atoms with Gasteiger partial charge < -0.3 is 0 Å². The van der Waals surface area contributed by atoms with Gasteiger partial charge in [0.1, 0.15) is 5.01 Å². The van der Waals surface area contributed by atoms with Crippen LogP contribution in [0.3, 0.4) is 0 Å². The highest BCUT2D eigenvalue weighted by molar-refractivity contribution is 7.18. The summed E-state index contributed by atoms with van der Waals surface area (Å²) in [5, 5.41) is 5.90. The van der Waals surface area contributed by atoms with Crippen molar-refractivity contribution in [3.05, 3.63) is 76.6 Å². The van der Waals surface area contributed by atoms with Crippen LogP contribution in [0.1, 0.15) is 22.0 Å². The number of hydrogen-bond acceptors (Lipinski definition) is 4. The Morgan fingerprint density at radius 1 is 0.962 bits per heavy atom. The average Bonchev–Trinajstić information content (AvgIpc) is 3.17. The van der Waals surface area contributed by atoms with Gasteiger partial charge in [0.15, 0.2) is 0 Å². The number of nitrogens with zero attached hydrogens (tertiary/aromatic N) is 4. The van der Waals surface area contributed by atoms with Crippen LogP contribution in [0, 0.1) is 13.8 Å². The van der Waals surface area contributed by atoms with Crippen molar-refractivity contribution in [2.75, 3.05) is 7.05 Å². The maximum absolute atomic E-state index is 4.75. The molecule has 0 radical (unpaired) electrons. The molecule has 0 amide bonds. The van der Waals surface area contributed by atoms with Gasteiger partial charge in [-0.15, -0.1) is 11.3 Å². The van der Waals surface area contributed by atoms with E-state index in [-0.39, 0.29) is 0 Å². The van der Waals surface area contributed by atoms with Gasteiger partial charge in [0.05, 0.1) is 28.1 Å². The summed E-state index contributed by atoms with van der Waals surface area (Å²) in [5.74, 6) is 0. The Labute approximate surface area is 157 Å². The number of aryl methyl sites for hydroxylation is 1. The third kappa shape index (κ3) is 3.28. The minimum Gasteiger partial charge on any atom is -0.295 e. The molecule has 0 aliphatic heterocycles. The van der Waals surface area contributed by atoms with Gasteiger partial charge in [-0.05, 0) is 45.2 Å². The zero-order chi connectivity index (χ0) is 18.1. The molecule has 132 valence electrons. The number of benzene rings is 2. The van der Waals surface area contributed by atoms with Crippen LogP contribution in [0.15, 0.2) is 54.6 Å². The van der Waals surface area contributed by atoms with Crippen molar-refractivity contribution < 1.29 is 0 Å². The molecule has 0 saturated heterocycles. The number of rotatable bonds is 5. The van der Waals surface area contributed by atoms with Gasteiger partial charge >= 0.3 is 0 Å². The minimum atomic E-state index is 0.842. The number of hydrogen-bond donors (Lipinski definition) is 0. The maximum Gasteiger partial charge on any atom is 0.108 e. The predicted octanol–water partition coefficient (Wildman–Crippen LogP) is 4.73. The van der Waals surface area contributed by atoms with Crippen LogP contribution >= 0.6 is 11.3 Å². The van der Waals surface area contributed by atoms with Crippen molar-refractivity contribution in [2.45, 2.75) is 26.9 Å². The first-order chi connectivity index (χ1) is 12.6. The summed E-state index contributed by atoms with van der Waals surface area (Å²) < 4.78 is 3.29. The fourth-order valence-corrected chi connectivity index (χ4v) is 4.32. The Kier molecular flexibility index (Phi) is 4.57. The predicted molar refractivity (Wildman–Crippen MR) is 108 cm³/mol. The van der Waals surface area contributed by atoms with E-state index in [1.807, 2.05) is 28.9 Å². The van der Waals surface area contributed by atoms with Gasteiger partial charge in [-0.1, -0.05) is 30.3 Å². The van der Waals surface area contributed by atoms with Crippen LogP contribution in [-0.2, 0) is 13.1 Å². The molecule has 5 heteroatoms. The van der Waals surface area contributed by atoms with E-state index in [4.69, 9.17) is 10.1 Å². The first-order valence-corrected chi connectivity index (χ1v) is 9.57. The number of fused-ring (bicyclic) bond motifs is 1. The van der Waals surface area contributed by atoms with Crippen LogP contribution in [0.2, 0.25) is 0 Å². The second-order valence-electron chi connectivity index (χ2n) is 6.64. The lowest BCUT2D eigenvalue weighted by molar-refractivity contribution is 0.317. The molecular weight excluding hydrogens is 340 g/mol. The van der Waals surface area contributed by atoms with E-state index in [1.165, 1.54) is 16.0 Å². The van der Waals surface area contributed by atoms with Gasteiger partial charge in [-0.2, -0.15) is 5.10 Å². The van der Waals surface area contributed by atoms with Gasteiger partial charge in [0.25, 0.3) is 0 Å². The van der Waals surface area contributed by atoms with Crippen LogP contribution in [-0.4, -0.2) is 26.7 Å². The SMILES string of the molecule is Cc1nn(-c2ccccc2)c(C)c1CN(C)Cc1nc2ccccc2s1. The van der Waals surface area contributed by atoms with Crippen molar-refractivity contribution >= 4 is 21.6 Å². The summed E-state index contributed by atoms with van der Waals surface area (Å²) in [7, 11) is 2.14. The van der Waals surface area contributed by atoms with E-state index in [1.54, 1.807) is 11.3 Å². The third-order valence-corrected chi connectivity index (χ3v) is 5.63. The summed E-state index contributed by atoms with van der Waals surface area (Å²) in [6.07, 6.45) is 0. The fourth-order valence-electron chi connectivity index (χ4n) is 3.27. The first-order valence-electron chi connectivity index (χ1n) is 8.75. The van der Waals surface area contributed by atoms with E-state index in [2.05, 4.69) is 56.1 Å². The average molecular weight is 363 g/mol. The Balaban J connectivity index is 1.54. The molecule has 4 aromatic rings. The van der Waals surface area contributed by atoms with Gasteiger partial charge in [-0.25, -0.2) is 9.67 Å². The Morgan fingerprint density at radius 2 is 1.69 bits per heavy atom. The molecule has 0 aliphatic carbocycles. The van der Waals surface area contributed by atoms with Crippen LogP contribution in [0.25, 0.3) is 15.9 Å². The highest BCUT2D eigenvalue weighted by Gasteiger charge is 2.15. The highest BCUT2D eigenvalue weighted by atomic mass is 32.1. The summed E-state index contributed by atoms with van der Waals surface area (Å²) >= 11 is 1.77. The number of thiazole rings is 1. The molecule has 0 aliphatic rings. The van der Waals surface area contributed by atoms with Crippen molar-refractivity contribution in [1.29, 1.82) is 0 Å². The summed E-state index contributed by atoms with van der Waals surface area (Å²) in [6, 6.07) is 18.6. The Morgan fingerprint density at radius 3 is 2.46 bits per heavy atom. The Bertz CT molecular complexity index is 1000. The maximum atomic E-state index is 4.75. The largest absolute Gasteiger partial charge is 0.295 e. The normalized spacial score (nSPS) is 11.5. The number of aromatic nitrogens is 3. The topological polar surface area (TPSA) is 34.0 Å². The molecule has 26 heavy (non-hydrogen) atoms. The van der Waals surface area contributed by atoms with E-state index >= 15 is 0 Å². The molecular formula is C21H22N4S.